The van der Waals surface area contributed by atoms with E-state index in [2.05, 4.69) is 0 Å². The van der Waals surface area contributed by atoms with Crippen LogP contribution in [0.4, 0.5) is 0 Å². The number of aryl methyl sites for hydroxylation is 3. The van der Waals surface area contributed by atoms with Crippen molar-refractivity contribution in [3.05, 3.63) is 34.4 Å². The quantitative estimate of drug-likeness (QED) is 0.568. The lowest BCUT2D eigenvalue weighted by molar-refractivity contribution is 0.0977. The van der Waals surface area contributed by atoms with Gasteiger partial charge in [0.25, 0.3) is 0 Å². The van der Waals surface area contributed by atoms with Gasteiger partial charge in [-0.05, 0) is 38.8 Å². The Balaban J connectivity index is 3.33. The van der Waals surface area contributed by atoms with Crippen molar-refractivity contribution in [1.82, 2.24) is 0 Å². The number of alkyl halides is 2. The first-order valence-electron chi connectivity index (χ1n) is 4.74. The SMILES string of the molecule is Cc1cc(C)c(C(=O)C(C)(Cl)Cl)c(C)c1. The molecule has 1 nitrogen and oxygen atoms in total. The average Bonchev–Trinajstić information content (AvgIpc) is 1.99. The Bertz CT molecular complexity index is 380. The average molecular weight is 245 g/mol. The van der Waals surface area contributed by atoms with Crippen LogP contribution in [-0.4, -0.2) is 10.1 Å². The maximum absolute atomic E-state index is 12.0. The Kier molecular flexibility index (Phi) is 3.47. The maximum Gasteiger partial charge on any atom is 0.198 e. The van der Waals surface area contributed by atoms with E-state index < -0.39 is 4.33 Å². The molecule has 0 amide bonds. The molecule has 0 heterocycles. The number of ketones is 1. The third kappa shape index (κ3) is 2.73. The number of rotatable bonds is 2. The number of hydrogen-bond donors (Lipinski definition) is 0. The lowest BCUT2D eigenvalue weighted by Crippen LogP contribution is -2.23. The van der Waals surface area contributed by atoms with E-state index >= 15 is 0 Å². The van der Waals surface area contributed by atoms with Gasteiger partial charge in [0, 0.05) is 5.56 Å². The molecule has 0 spiro atoms. The minimum Gasteiger partial charge on any atom is -0.291 e. The Morgan fingerprint density at radius 3 is 1.87 bits per heavy atom. The van der Waals surface area contributed by atoms with Crippen LogP contribution in [0.25, 0.3) is 0 Å². The summed E-state index contributed by atoms with van der Waals surface area (Å²) in [6.07, 6.45) is 0. The van der Waals surface area contributed by atoms with Gasteiger partial charge in [0.05, 0.1) is 0 Å². The van der Waals surface area contributed by atoms with Crippen LogP contribution in [-0.2, 0) is 0 Å². The van der Waals surface area contributed by atoms with E-state index in [9.17, 15) is 4.79 Å². The molecule has 0 aliphatic rings. The van der Waals surface area contributed by atoms with Crippen LogP contribution in [0.15, 0.2) is 12.1 Å². The van der Waals surface area contributed by atoms with Gasteiger partial charge in [-0.2, -0.15) is 0 Å². The van der Waals surface area contributed by atoms with Crippen LogP contribution in [0.1, 0.15) is 34.0 Å². The number of carbonyl (C=O) groups is 1. The van der Waals surface area contributed by atoms with Crippen molar-refractivity contribution in [1.29, 1.82) is 0 Å². The van der Waals surface area contributed by atoms with Gasteiger partial charge < -0.3 is 0 Å². The molecule has 0 aliphatic heterocycles. The monoisotopic (exact) mass is 244 g/mol. The second-order valence-corrected chi connectivity index (χ2v) is 5.70. The zero-order valence-corrected chi connectivity index (χ0v) is 10.8. The molecular formula is C12H14Cl2O. The summed E-state index contributed by atoms with van der Waals surface area (Å²) in [6, 6.07) is 3.92. The lowest BCUT2D eigenvalue weighted by Gasteiger charge is -2.16. The summed E-state index contributed by atoms with van der Waals surface area (Å²) >= 11 is 11.6. The summed E-state index contributed by atoms with van der Waals surface area (Å²) in [4.78, 5) is 12.0. The normalized spacial score (nSPS) is 11.6. The van der Waals surface area contributed by atoms with Crippen molar-refractivity contribution in [2.24, 2.45) is 0 Å². The molecule has 1 rings (SSSR count). The third-order valence-electron chi connectivity index (χ3n) is 2.30. The highest BCUT2D eigenvalue weighted by Crippen LogP contribution is 2.28. The molecule has 1 aromatic rings. The fourth-order valence-electron chi connectivity index (χ4n) is 1.76. The standard InChI is InChI=1S/C12H14Cl2O/c1-7-5-8(2)10(9(3)6-7)11(15)12(4,13)14/h5-6H,1-4H3. The van der Waals surface area contributed by atoms with Crippen molar-refractivity contribution in [3.63, 3.8) is 0 Å². The summed E-state index contributed by atoms with van der Waals surface area (Å²) < 4.78 is -1.36. The van der Waals surface area contributed by atoms with E-state index in [4.69, 9.17) is 23.2 Å². The van der Waals surface area contributed by atoms with E-state index in [0.717, 1.165) is 16.7 Å². The first-order valence-corrected chi connectivity index (χ1v) is 5.49. The minimum absolute atomic E-state index is 0.235. The molecule has 3 heteroatoms. The van der Waals surface area contributed by atoms with Crippen molar-refractivity contribution in [2.45, 2.75) is 32.0 Å². The summed E-state index contributed by atoms with van der Waals surface area (Å²) in [6.45, 7) is 7.28. The number of halogens is 2. The second kappa shape index (κ2) is 4.15. The maximum atomic E-state index is 12.0. The fourth-order valence-corrected chi connectivity index (χ4v) is 1.95. The molecule has 0 radical (unpaired) electrons. The molecule has 82 valence electrons. The smallest absolute Gasteiger partial charge is 0.198 e. The van der Waals surface area contributed by atoms with Crippen molar-refractivity contribution < 1.29 is 4.79 Å². The van der Waals surface area contributed by atoms with E-state index in [0.29, 0.717) is 5.56 Å². The van der Waals surface area contributed by atoms with E-state index in [1.54, 1.807) is 0 Å². The van der Waals surface area contributed by atoms with Crippen molar-refractivity contribution >= 4 is 29.0 Å². The summed E-state index contributed by atoms with van der Waals surface area (Å²) in [5.41, 5.74) is 3.61. The first kappa shape index (κ1) is 12.5. The third-order valence-corrected chi connectivity index (χ3v) is 2.65. The Morgan fingerprint density at radius 1 is 1.13 bits per heavy atom. The molecule has 15 heavy (non-hydrogen) atoms. The zero-order chi connectivity index (χ0) is 11.8. The molecule has 0 N–H and O–H groups in total. The molecule has 0 fully saturated rings. The van der Waals surface area contributed by atoms with E-state index in [-0.39, 0.29) is 5.78 Å². The van der Waals surface area contributed by atoms with Gasteiger partial charge in [-0.25, -0.2) is 0 Å². The van der Waals surface area contributed by atoms with Crippen LogP contribution in [0, 0.1) is 20.8 Å². The summed E-state index contributed by atoms with van der Waals surface area (Å²) in [7, 11) is 0. The summed E-state index contributed by atoms with van der Waals surface area (Å²) in [5.74, 6) is -0.235. The molecule has 0 bridgehead atoms. The van der Waals surface area contributed by atoms with Crippen LogP contribution >= 0.6 is 23.2 Å². The molecular weight excluding hydrogens is 231 g/mol. The zero-order valence-electron chi connectivity index (χ0n) is 9.32. The van der Waals surface area contributed by atoms with Crippen LogP contribution in [0.5, 0.6) is 0 Å². The Labute approximate surface area is 100 Å². The Morgan fingerprint density at radius 2 is 1.53 bits per heavy atom. The topological polar surface area (TPSA) is 17.1 Å². The van der Waals surface area contributed by atoms with Gasteiger partial charge in [0.15, 0.2) is 10.1 Å². The van der Waals surface area contributed by atoms with Gasteiger partial charge in [-0.3, -0.25) is 4.79 Å². The van der Waals surface area contributed by atoms with Crippen LogP contribution in [0.3, 0.4) is 0 Å². The van der Waals surface area contributed by atoms with Gasteiger partial charge in [0.1, 0.15) is 0 Å². The van der Waals surface area contributed by atoms with Gasteiger partial charge >= 0.3 is 0 Å². The number of benzene rings is 1. The molecule has 0 aromatic heterocycles. The number of carbonyl (C=O) groups excluding carboxylic acids is 1. The predicted octanol–water partition coefficient (Wildman–Crippen LogP) is 3.99. The van der Waals surface area contributed by atoms with E-state index in [1.165, 1.54) is 6.92 Å². The van der Waals surface area contributed by atoms with E-state index in [1.807, 2.05) is 32.9 Å². The second-order valence-electron chi connectivity index (χ2n) is 3.99. The molecule has 1 aromatic carbocycles. The molecule has 0 saturated heterocycles. The highest BCUT2D eigenvalue weighted by molar-refractivity contribution is 6.59. The van der Waals surface area contributed by atoms with Crippen LogP contribution < -0.4 is 0 Å². The highest BCUT2D eigenvalue weighted by Gasteiger charge is 2.30. The van der Waals surface area contributed by atoms with Gasteiger partial charge in [-0.15, -0.1) is 0 Å². The van der Waals surface area contributed by atoms with Crippen molar-refractivity contribution in [3.8, 4) is 0 Å². The number of Topliss-reactive ketones (excluding diaryl/α,β-unsaturated/α-hetero) is 1. The predicted molar refractivity (Wildman–Crippen MR) is 65.1 cm³/mol. The Hall–Kier alpha value is -0.530. The first-order chi connectivity index (χ1) is 6.73. The summed E-state index contributed by atoms with van der Waals surface area (Å²) in [5, 5.41) is 0. The highest BCUT2D eigenvalue weighted by atomic mass is 35.5. The molecule has 0 saturated carbocycles. The lowest BCUT2D eigenvalue weighted by atomic mass is 9.95. The number of hydrogen-bond acceptors (Lipinski definition) is 1. The molecule has 0 unspecified atom stereocenters. The molecule has 0 atom stereocenters. The van der Waals surface area contributed by atoms with Gasteiger partial charge in [0.2, 0.25) is 0 Å². The fraction of sp³-hybridized carbons (Fsp3) is 0.417. The minimum atomic E-state index is -1.36. The van der Waals surface area contributed by atoms with Crippen LogP contribution in [0.2, 0.25) is 0 Å². The van der Waals surface area contributed by atoms with Gasteiger partial charge in [-0.1, -0.05) is 40.9 Å². The molecule has 0 aliphatic carbocycles. The largest absolute Gasteiger partial charge is 0.291 e. The van der Waals surface area contributed by atoms with Crippen molar-refractivity contribution in [2.75, 3.05) is 0 Å².